The quantitative estimate of drug-likeness (QED) is 0.587. The van der Waals surface area contributed by atoms with Gasteiger partial charge in [0, 0.05) is 11.9 Å². The largest absolute Gasteiger partial charge is 0.496 e. The summed E-state index contributed by atoms with van der Waals surface area (Å²) in [6.45, 7) is 0.405. The molecular formula is C19H19N3O4S2. The van der Waals surface area contributed by atoms with Gasteiger partial charge >= 0.3 is 0 Å². The highest BCUT2D eigenvalue weighted by molar-refractivity contribution is 7.93. The molecule has 1 aromatic heterocycles. The highest BCUT2D eigenvalue weighted by Crippen LogP contribution is 2.20. The van der Waals surface area contributed by atoms with Crippen LogP contribution in [0.15, 0.2) is 64.9 Å². The summed E-state index contributed by atoms with van der Waals surface area (Å²) in [6, 6.07) is 15.6. The number of sulfonamides is 1. The van der Waals surface area contributed by atoms with E-state index in [4.69, 9.17) is 4.74 Å². The van der Waals surface area contributed by atoms with Gasteiger partial charge in [-0.2, -0.15) is 0 Å². The Bertz CT molecular complexity index is 1050. The van der Waals surface area contributed by atoms with Gasteiger partial charge in [0.2, 0.25) is 0 Å². The Morgan fingerprint density at radius 1 is 1.11 bits per heavy atom. The van der Waals surface area contributed by atoms with Gasteiger partial charge in [0.25, 0.3) is 15.9 Å². The third-order valence-corrected chi connectivity index (χ3v) is 6.13. The molecule has 7 nitrogen and oxygen atoms in total. The van der Waals surface area contributed by atoms with E-state index < -0.39 is 10.0 Å². The van der Waals surface area contributed by atoms with Gasteiger partial charge in [0.15, 0.2) is 5.13 Å². The van der Waals surface area contributed by atoms with Crippen molar-refractivity contribution in [2.75, 3.05) is 18.4 Å². The first-order valence-electron chi connectivity index (χ1n) is 8.43. The molecule has 1 amide bonds. The summed E-state index contributed by atoms with van der Waals surface area (Å²) in [6.07, 6.45) is 0.605. The second-order valence-electron chi connectivity index (χ2n) is 5.77. The molecule has 0 saturated heterocycles. The Balaban J connectivity index is 1.58. The van der Waals surface area contributed by atoms with Crippen LogP contribution in [0.1, 0.15) is 16.1 Å². The van der Waals surface area contributed by atoms with Crippen LogP contribution in [0, 0.1) is 0 Å². The fourth-order valence-electron chi connectivity index (χ4n) is 2.51. The average Bonchev–Trinajstić information content (AvgIpc) is 3.17. The fraction of sp³-hybridized carbons (Fsp3) is 0.158. The molecule has 0 atom stereocenters. The molecule has 9 heteroatoms. The van der Waals surface area contributed by atoms with Crippen molar-refractivity contribution in [1.29, 1.82) is 0 Å². The van der Waals surface area contributed by atoms with Gasteiger partial charge in [-0.3, -0.25) is 9.52 Å². The number of carbonyl (C=O) groups excluding carboxylic acids is 1. The predicted octanol–water partition coefficient (Wildman–Crippen LogP) is 2.93. The van der Waals surface area contributed by atoms with E-state index in [1.165, 1.54) is 17.5 Å². The molecule has 0 radical (unpaired) electrons. The van der Waals surface area contributed by atoms with Crippen molar-refractivity contribution in [2.24, 2.45) is 0 Å². The van der Waals surface area contributed by atoms with Gasteiger partial charge in [-0.25, -0.2) is 13.4 Å². The van der Waals surface area contributed by atoms with E-state index in [2.05, 4.69) is 15.0 Å². The molecule has 0 aliphatic carbocycles. The molecule has 3 rings (SSSR count). The zero-order valence-electron chi connectivity index (χ0n) is 15.1. The van der Waals surface area contributed by atoms with Gasteiger partial charge in [-0.1, -0.05) is 36.4 Å². The number of thiazole rings is 1. The summed E-state index contributed by atoms with van der Waals surface area (Å²) in [5.74, 6) is 0.402. The van der Waals surface area contributed by atoms with Crippen LogP contribution < -0.4 is 14.8 Å². The van der Waals surface area contributed by atoms with Crippen LogP contribution in [-0.2, 0) is 16.4 Å². The lowest BCUT2D eigenvalue weighted by Gasteiger charge is -2.08. The first-order valence-corrected chi connectivity index (χ1v) is 10.8. The minimum absolute atomic E-state index is 0.132. The third-order valence-electron chi connectivity index (χ3n) is 3.88. The van der Waals surface area contributed by atoms with E-state index in [-0.39, 0.29) is 21.6 Å². The molecular weight excluding hydrogens is 398 g/mol. The maximum atomic E-state index is 12.3. The smallest absolute Gasteiger partial charge is 0.270 e. The number of rotatable bonds is 8. The minimum atomic E-state index is -3.73. The zero-order valence-corrected chi connectivity index (χ0v) is 16.7. The molecule has 0 bridgehead atoms. The zero-order chi connectivity index (χ0) is 20.0. The second-order valence-corrected chi connectivity index (χ2v) is 8.31. The molecule has 1 heterocycles. The molecule has 2 aromatic carbocycles. The van der Waals surface area contributed by atoms with Gasteiger partial charge in [0.05, 0.1) is 12.0 Å². The van der Waals surface area contributed by atoms with E-state index in [0.717, 1.165) is 22.6 Å². The number of para-hydroxylation sites is 1. The molecule has 0 aliphatic rings. The average molecular weight is 418 g/mol. The van der Waals surface area contributed by atoms with Crippen LogP contribution in [-0.4, -0.2) is 33.0 Å². The SMILES string of the molecule is COc1ccccc1CCNC(=O)c1csc(NS(=O)(=O)c2ccccc2)n1. The van der Waals surface area contributed by atoms with Gasteiger partial charge < -0.3 is 10.1 Å². The van der Waals surface area contributed by atoms with Crippen LogP contribution in [0.4, 0.5) is 5.13 Å². The van der Waals surface area contributed by atoms with Crippen molar-refractivity contribution in [3.63, 3.8) is 0 Å². The number of benzene rings is 2. The Hall–Kier alpha value is -2.91. The van der Waals surface area contributed by atoms with Crippen LogP contribution in [0.3, 0.4) is 0 Å². The summed E-state index contributed by atoms with van der Waals surface area (Å²) in [4.78, 5) is 16.5. The lowest BCUT2D eigenvalue weighted by Crippen LogP contribution is -2.26. The topological polar surface area (TPSA) is 97.4 Å². The maximum absolute atomic E-state index is 12.3. The molecule has 146 valence electrons. The molecule has 0 spiro atoms. The summed E-state index contributed by atoms with van der Waals surface area (Å²) in [5, 5.41) is 4.43. The summed E-state index contributed by atoms with van der Waals surface area (Å²) in [7, 11) is -2.13. The normalized spacial score (nSPS) is 11.0. The number of aromatic nitrogens is 1. The van der Waals surface area contributed by atoms with Crippen LogP contribution >= 0.6 is 11.3 Å². The standard InChI is InChI=1S/C19H19N3O4S2/c1-26-17-10-6-5-7-14(17)11-12-20-18(23)16-13-27-19(21-16)22-28(24,25)15-8-3-2-4-9-15/h2-10,13H,11-12H2,1H3,(H,20,23)(H,21,22). The number of methoxy groups -OCH3 is 1. The lowest BCUT2D eigenvalue weighted by molar-refractivity contribution is 0.0950. The van der Waals surface area contributed by atoms with E-state index in [9.17, 15) is 13.2 Å². The molecule has 28 heavy (non-hydrogen) atoms. The highest BCUT2D eigenvalue weighted by Gasteiger charge is 2.17. The number of carbonyl (C=O) groups is 1. The summed E-state index contributed by atoms with van der Waals surface area (Å²) in [5.41, 5.74) is 1.15. The Labute approximate surface area is 167 Å². The van der Waals surface area contributed by atoms with Crippen LogP contribution in [0.2, 0.25) is 0 Å². The van der Waals surface area contributed by atoms with Crippen LogP contribution in [0.25, 0.3) is 0 Å². The number of amides is 1. The Morgan fingerprint density at radius 3 is 2.57 bits per heavy atom. The molecule has 0 aliphatic heterocycles. The Morgan fingerprint density at radius 2 is 1.82 bits per heavy atom. The maximum Gasteiger partial charge on any atom is 0.270 e. The molecule has 0 saturated carbocycles. The van der Waals surface area contributed by atoms with Gasteiger partial charge in [-0.15, -0.1) is 11.3 Å². The Kier molecular flexibility index (Phi) is 6.27. The number of hydrogen-bond acceptors (Lipinski definition) is 6. The van der Waals surface area contributed by atoms with E-state index >= 15 is 0 Å². The first-order chi connectivity index (χ1) is 13.5. The van der Waals surface area contributed by atoms with Crippen molar-refractivity contribution in [3.05, 3.63) is 71.2 Å². The third kappa shape index (κ3) is 4.87. The van der Waals surface area contributed by atoms with Crippen molar-refractivity contribution in [3.8, 4) is 5.75 Å². The number of anilines is 1. The van der Waals surface area contributed by atoms with E-state index in [1.807, 2.05) is 24.3 Å². The fourth-order valence-corrected chi connectivity index (χ4v) is 4.47. The van der Waals surface area contributed by atoms with E-state index in [1.54, 1.807) is 25.3 Å². The van der Waals surface area contributed by atoms with Crippen molar-refractivity contribution < 1.29 is 17.9 Å². The highest BCUT2D eigenvalue weighted by atomic mass is 32.2. The minimum Gasteiger partial charge on any atom is -0.496 e. The lowest BCUT2D eigenvalue weighted by atomic mass is 10.1. The molecule has 3 aromatic rings. The predicted molar refractivity (Wildman–Crippen MR) is 108 cm³/mol. The van der Waals surface area contributed by atoms with Gasteiger partial charge in [0.1, 0.15) is 11.4 Å². The first kappa shape index (κ1) is 19.8. The second kappa shape index (κ2) is 8.85. The van der Waals surface area contributed by atoms with Crippen molar-refractivity contribution in [2.45, 2.75) is 11.3 Å². The van der Waals surface area contributed by atoms with Gasteiger partial charge in [-0.05, 0) is 30.2 Å². The molecule has 2 N–H and O–H groups in total. The number of hydrogen-bond donors (Lipinski definition) is 2. The van der Waals surface area contributed by atoms with E-state index in [0.29, 0.717) is 13.0 Å². The van der Waals surface area contributed by atoms with Crippen molar-refractivity contribution >= 4 is 32.4 Å². The molecule has 0 fully saturated rings. The van der Waals surface area contributed by atoms with Crippen LogP contribution in [0.5, 0.6) is 5.75 Å². The number of nitrogens with zero attached hydrogens (tertiary/aromatic N) is 1. The molecule has 0 unspecified atom stereocenters. The summed E-state index contributed by atoms with van der Waals surface area (Å²) >= 11 is 1.05. The number of nitrogens with one attached hydrogen (secondary N) is 2. The summed E-state index contributed by atoms with van der Waals surface area (Å²) < 4.78 is 32.3. The van der Waals surface area contributed by atoms with Crippen molar-refractivity contribution in [1.82, 2.24) is 10.3 Å². The number of ether oxygens (including phenoxy) is 1. The monoisotopic (exact) mass is 417 g/mol.